The number of hydrogen-bond acceptors (Lipinski definition) is 3. The van der Waals surface area contributed by atoms with E-state index < -0.39 is 0 Å². The quantitative estimate of drug-likeness (QED) is 0.544. The van der Waals surface area contributed by atoms with Crippen molar-refractivity contribution in [2.24, 2.45) is 0 Å². The van der Waals surface area contributed by atoms with Gasteiger partial charge < -0.3 is 0 Å². The summed E-state index contributed by atoms with van der Waals surface area (Å²) < 4.78 is 0. The molecule has 1 saturated heterocycles. The lowest BCUT2D eigenvalue weighted by Gasteiger charge is -2.25. The molecule has 1 aliphatic heterocycles. The Hall–Kier alpha value is -1.65. The normalized spacial score (nSPS) is 17.7. The standard InChI is InChI=1S/C10H13N3O2/c14-13(15)12-7-4-9(5-8-12)10-3-1-2-6-11-10/h1-3,6,9H,4-5,7-8H2. The minimum absolute atomic E-state index is 0.311. The van der Waals surface area contributed by atoms with Crippen LogP contribution in [0.15, 0.2) is 24.4 Å². The van der Waals surface area contributed by atoms with Crippen molar-refractivity contribution in [1.82, 2.24) is 9.99 Å². The third-order valence-corrected chi connectivity index (χ3v) is 2.81. The molecule has 0 unspecified atom stereocenters. The van der Waals surface area contributed by atoms with Gasteiger partial charge in [0.2, 0.25) is 0 Å². The summed E-state index contributed by atoms with van der Waals surface area (Å²) in [6.45, 7) is 1.04. The van der Waals surface area contributed by atoms with E-state index in [1.165, 1.54) is 5.01 Å². The smallest absolute Gasteiger partial charge is 0.160 e. The van der Waals surface area contributed by atoms with Gasteiger partial charge in [0.15, 0.2) is 5.03 Å². The minimum atomic E-state index is -0.311. The van der Waals surface area contributed by atoms with Crippen molar-refractivity contribution >= 4 is 0 Å². The van der Waals surface area contributed by atoms with E-state index in [0.717, 1.165) is 18.5 Å². The second-order valence-electron chi connectivity index (χ2n) is 3.72. The predicted molar refractivity (Wildman–Crippen MR) is 54.8 cm³/mol. The molecule has 5 nitrogen and oxygen atoms in total. The fourth-order valence-electron chi connectivity index (χ4n) is 1.94. The van der Waals surface area contributed by atoms with Crippen LogP contribution >= 0.6 is 0 Å². The summed E-state index contributed by atoms with van der Waals surface area (Å²) in [4.78, 5) is 14.8. The minimum Gasteiger partial charge on any atom is -0.261 e. The van der Waals surface area contributed by atoms with E-state index in [1.807, 2.05) is 18.2 Å². The molecule has 0 saturated carbocycles. The molecule has 1 aromatic rings. The second-order valence-corrected chi connectivity index (χ2v) is 3.72. The first-order valence-electron chi connectivity index (χ1n) is 5.07. The largest absolute Gasteiger partial charge is 0.261 e. The highest BCUT2D eigenvalue weighted by Gasteiger charge is 2.25. The average molecular weight is 207 g/mol. The van der Waals surface area contributed by atoms with Crippen LogP contribution < -0.4 is 0 Å². The first-order chi connectivity index (χ1) is 7.27. The molecular formula is C10H13N3O2. The van der Waals surface area contributed by atoms with Gasteiger partial charge in [-0.15, -0.1) is 5.01 Å². The second kappa shape index (κ2) is 4.25. The van der Waals surface area contributed by atoms with Crippen molar-refractivity contribution in [2.75, 3.05) is 13.1 Å². The first kappa shape index (κ1) is 9.89. The summed E-state index contributed by atoms with van der Waals surface area (Å²) in [5, 5.41) is 11.5. The number of nitrogens with zero attached hydrogens (tertiary/aromatic N) is 3. The average Bonchev–Trinajstić information content (AvgIpc) is 2.30. The molecule has 0 aliphatic carbocycles. The van der Waals surface area contributed by atoms with Crippen LogP contribution in [0.4, 0.5) is 0 Å². The Balaban J connectivity index is 1.97. The molecule has 0 N–H and O–H groups in total. The Kier molecular flexibility index (Phi) is 2.80. The topological polar surface area (TPSA) is 59.3 Å². The van der Waals surface area contributed by atoms with E-state index in [-0.39, 0.29) is 5.03 Å². The van der Waals surface area contributed by atoms with Gasteiger partial charge in [-0.2, -0.15) is 0 Å². The fourth-order valence-corrected chi connectivity index (χ4v) is 1.94. The predicted octanol–water partition coefficient (Wildman–Crippen LogP) is 1.45. The summed E-state index contributed by atoms with van der Waals surface area (Å²) in [5.74, 6) is 0.377. The van der Waals surface area contributed by atoms with Gasteiger partial charge in [-0.05, 0) is 25.0 Å². The molecule has 0 aromatic carbocycles. The lowest BCUT2D eigenvalue weighted by Crippen LogP contribution is -2.37. The van der Waals surface area contributed by atoms with E-state index in [2.05, 4.69) is 4.98 Å². The van der Waals surface area contributed by atoms with Crippen LogP contribution in [0.1, 0.15) is 24.5 Å². The molecule has 1 aromatic heterocycles. The lowest BCUT2D eigenvalue weighted by molar-refractivity contribution is -0.657. The molecule has 0 amide bonds. The third kappa shape index (κ3) is 2.23. The molecule has 1 fully saturated rings. The van der Waals surface area contributed by atoms with Gasteiger partial charge in [0, 0.05) is 17.8 Å². The molecule has 0 spiro atoms. The van der Waals surface area contributed by atoms with Crippen LogP contribution in [-0.4, -0.2) is 28.1 Å². The van der Waals surface area contributed by atoms with Crippen LogP contribution in [0.2, 0.25) is 0 Å². The number of aromatic nitrogens is 1. The van der Waals surface area contributed by atoms with Crippen LogP contribution in [-0.2, 0) is 0 Å². The van der Waals surface area contributed by atoms with Crippen LogP contribution in [0.25, 0.3) is 0 Å². The Labute approximate surface area is 87.9 Å². The van der Waals surface area contributed by atoms with Crippen molar-refractivity contribution in [3.8, 4) is 0 Å². The third-order valence-electron chi connectivity index (χ3n) is 2.81. The summed E-state index contributed by atoms with van der Waals surface area (Å²) >= 11 is 0. The highest BCUT2D eigenvalue weighted by molar-refractivity contribution is 5.10. The molecule has 15 heavy (non-hydrogen) atoms. The number of rotatable bonds is 2. The van der Waals surface area contributed by atoms with Gasteiger partial charge in [0.25, 0.3) is 0 Å². The zero-order valence-electron chi connectivity index (χ0n) is 8.37. The number of pyridine rings is 1. The Morgan fingerprint density at radius 2 is 2.13 bits per heavy atom. The van der Waals surface area contributed by atoms with Crippen molar-refractivity contribution in [3.63, 3.8) is 0 Å². The molecule has 2 rings (SSSR count). The SMILES string of the molecule is O=[N+]([O-])N1CCC(c2ccccn2)CC1. The van der Waals surface area contributed by atoms with E-state index in [4.69, 9.17) is 0 Å². The molecule has 0 bridgehead atoms. The van der Waals surface area contributed by atoms with E-state index in [9.17, 15) is 10.1 Å². The molecule has 0 atom stereocenters. The molecule has 2 heterocycles. The van der Waals surface area contributed by atoms with Crippen molar-refractivity contribution in [1.29, 1.82) is 0 Å². The van der Waals surface area contributed by atoms with E-state index in [1.54, 1.807) is 6.20 Å². The zero-order chi connectivity index (χ0) is 10.7. The molecule has 0 radical (unpaired) electrons. The highest BCUT2D eigenvalue weighted by Crippen LogP contribution is 2.25. The molecule has 5 heteroatoms. The summed E-state index contributed by atoms with van der Waals surface area (Å²) in [6.07, 6.45) is 3.41. The number of piperidine rings is 1. The van der Waals surface area contributed by atoms with Gasteiger partial charge in [-0.25, -0.2) is 10.1 Å². The monoisotopic (exact) mass is 207 g/mol. The van der Waals surface area contributed by atoms with Gasteiger partial charge in [0.05, 0.1) is 13.1 Å². The zero-order valence-corrected chi connectivity index (χ0v) is 8.37. The van der Waals surface area contributed by atoms with Crippen LogP contribution in [0.3, 0.4) is 0 Å². The maximum absolute atomic E-state index is 10.5. The number of hydrogen-bond donors (Lipinski definition) is 0. The Morgan fingerprint density at radius 3 is 2.67 bits per heavy atom. The van der Waals surface area contributed by atoms with Gasteiger partial charge in [0.1, 0.15) is 0 Å². The van der Waals surface area contributed by atoms with Gasteiger partial charge in [-0.1, -0.05) is 6.07 Å². The molecular weight excluding hydrogens is 194 g/mol. The summed E-state index contributed by atoms with van der Waals surface area (Å²) in [6, 6.07) is 5.84. The van der Waals surface area contributed by atoms with Crippen LogP contribution in [0.5, 0.6) is 0 Å². The number of hydrazine groups is 1. The highest BCUT2D eigenvalue weighted by atomic mass is 16.7. The van der Waals surface area contributed by atoms with E-state index in [0.29, 0.717) is 19.0 Å². The van der Waals surface area contributed by atoms with Gasteiger partial charge >= 0.3 is 0 Å². The Bertz CT molecular complexity index is 334. The number of nitro groups is 1. The first-order valence-corrected chi connectivity index (χ1v) is 5.07. The van der Waals surface area contributed by atoms with Crippen molar-refractivity contribution < 1.29 is 5.03 Å². The van der Waals surface area contributed by atoms with Crippen molar-refractivity contribution in [3.05, 3.63) is 40.2 Å². The van der Waals surface area contributed by atoms with Crippen LogP contribution in [0, 0.1) is 10.1 Å². The summed E-state index contributed by atoms with van der Waals surface area (Å²) in [5.41, 5.74) is 1.06. The lowest BCUT2D eigenvalue weighted by atomic mass is 9.94. The molecule has 80 valence electrons. The maximum atomic E-state index is 10.5. The van der Waals surface area contributed by atoms with Gasteiger partial charge in [-0.3, -0.25) is 4.98 Å². The van der Waals surface area contributed by atoms with Crippen molar-refractivity contribution in [2.45, 2.75) is 18.8 Å². The molecule has 1 aliphatic rings. The van der Waals surface area contributed by atoms with E-state index >= 15 is 0 Å². The maximum Gasteiger partial charge on any atom is 0.160 e. The Morgan fingerprint density at radius 1 is 1.40 bits per heavy atom. The summed E-state index contributed by atoms with van der Waals surface area (Å²) in [7, 11) is 0. The fraction of sp³-hybridized carbons (Fsp3) is 0.500.